The molecule has 0 saturated heterocycles. The molecular formula is C14H17NO2. The van der Waals surface area contributed by atoms with Crippen molar-refractivity contribution >= 4 is 11.5 Å². The van der Waals surface area contributed by atoms with Gasteiger partial charge in [-0.25, -0.2) is 4.79 Å². The number of hydrogen-bond acceptors (Lipinski definition) is 2. The van der Waals surface area contributed by atoms with E-state index in [1.165, 1.54) is 5.56 Å². The quantitative estimate of drug-likeness (QED) is 0.760. The van der Waals surface area contributed by atoms with Crippen LogP contribution >= 0.6 is 0 Å². The van der Waals surface area contributed by atoms with Gasteiger partial charge in [-0.2, -0.15) is 0 Å². The van der Waals surface area contributed by atoms with E-state index in [9.17, 15) is 4.79 Å². The molecule has 0 fully saturated rings. The zero-order chi connectivity index (χ0) is 12.4. The first-order chi connectivity index (χ1) is 8.11. The number of hydrogen-bond donors (Lipinski definition) is 0. The average molecular weight is 231 g/mol. The van der Waals surface area contributed by atoms with Crippen LogP contribution in [0.5, 0.6) is 0 Å². The summed E-state index contributed by atoms with van der Waals surface area (Å²) in [7, 11) is 0. The van der Waals surface area contributed by atoms with Crippen molar-refractivity contribution in [3.8, 4) is 0 Å². The monoisotopic (exact) mass is 231 g/mol. The summed E-state index contributed by atoms with van der Waals surface area (Å²) in [4.78, 5) is 11.8. The number of nitrogens with zero attached hydrogens (tertiary/aromatic N) is 1. The molecule has 3 heteroatoms. The first-order valence-electron chi connectivity index (χ1n) is 5.92. The van der Waals surface area contributed by atoms with Gasteiger partial charge in [0.25, 0.3) is 0 Å². The number of aryl methyl sites for hydroxylation is 1. The fourth-order valence-electron chi connectivity index (χ4n) is 1.86. The van der Waals surface area contributed by atoms with E-state index in [-0.39, 0.29) is 12.1 Å². The van der Waals surface area contributed by atoms with Crippen molar-refractivity contribution < 1.29 is 9.53 Å². The molecule has 2 aromatic rings. The van der Waals surface area contributed by atoms with Crippen LogP contribution in [-0.4, -0.2) is 16.5 Å². The Balaban J connectivity index is 2.39. The van der Waals surface area contributed by atoms with Gasteiger partial charge in [0.2, 0.25) is 0 Å². The van der Waals surface area contributed by atoms with Crippen LogP contribution in [-0.2, 0) is 11.2 Å². The summed E-state index contributed by atoms with van der Waals surface area (Å²) >= 11 is 0. The van der Waals surface area contributed by atoms with Crippen LogP contribution in [0, 0.1) is 0 Å². The molecule has 3 nitrogen and oxygen atoms in total. The van der Waals surface area contributed by atoms with E-state index in [0.717, 1.165) is 11.9 Å². The molecule has 0 aromatic carbocycles. The standard InChI is InChI=1S/C14H17NO2/c1-4-11-5-7-15-8-6-12(9-13(11)15)14(16)17-10(2)3/h5-10H,4H2,1-3H3. The van der Waals surface area contributed by atoms with E-state index in [2.05, 4.69) is 13.0 Å². The van der Waals surface area contributed by atoms with Gasteiger partial charge in [-0.3, -0.25) is 0 Å². The molecule has 0 saturated carbocycles. The summed E-state index contributed by atoms with van der Waals surface area (Å²) in [6, 6.07) is 5.76. The Morgan fingerprint density at radius 3 is 2.71 bits per heavy atom. The largest absolute Gasteiger partial charge is 0.459 e. The molecule has 0 aliphatic rings. The molecular weight excluding hydrogens is 214 g/mol. The normalized spacial score (nSPS) is 11.1. The lowest BCUT2D eigenvalue weighted by atomic mass is 10.1. The Bertz CT molecular complexity index is 540. The van der Waals surface area contributed by atoms with Crippen LogP contribution < -0.4 is 0 Å². The number of aromatic nitrogens is 1. The molecule has 2 heterocycles. The fraction of sp³-hybridized carbons (Fsp3) is 0.357. The molecule has 0 amide bonds. The van der Waals surface area contributed by atoms with E-state index in [4.69, 9.17) is 4.74 Å². The number of rotatable bonds is 3. The van der Waals surface area contributed by atoms with E-state index >= 15 is 0 Å². The first-order valence-corrected chi connectivity index (χ1v) is 5.92. The maximum absolute atomic E-state index is 11.8. The van der Waals surface area contributed by atoms with E-state index in [1.54, 1.807) is 6.07 Å². The fourth-order valence-corrected chi connectivity index (χ4v) is 1.86. The number of esters is 1. The van der Waals surface area contributed by atoms with Gasteiger partial charge in [-0.1, -0.05) is 6.92 Å². The van der Waals surface area contributed by atoms with Crippen LogP contribution in [0.25, 0.3) is 5.52 Å². The summed E-state index contributed by atoms with van der Waals surface area (Å²) in [6.45, 7) is 5.81. The smallest absolute Gasteiger partial charge is 0.338 e. The third-order valence-corrected chi connectivity index (χ3v) is 2.71. The molecule has 0 bridgehead atoms. The van der Waals surface area contributed by atoms with Crippen LogP contribution in [0.4, 0.5) is 0 Å². The Hall–Kier alpha value is -1.77. The van der Waals surface area contributed by atoms with Gasteiger partial charge in [-0.05, 0) is 44.0 Å². The van der Waals surface area contributed by atoms with Crippen LogP contribution in [0.3, 0.4) is 0 Å². The summed E-state index contributed by atoms with van der Waals surface area (Å²) in [5, 5.41) is 0. The molecule has 0 aliphatic heterocycles. The lowest BCUT2D eigenvalue weighted by Gasteiger charge is -2.08. The Morgan fingerprint density at radius 2 is 2.06 bits per heavy atom. The number of fused-ring (bicyclic) bond motifs is 1. The lowest BCUT2D eigenvalue weighted by Crippen LogP contribution is -2.11. The minimum absolute atomic E-state index is 0.0869. The van der Waals surface area contributed by atoms with E-state index in [1.807, 2.05) is 36.7 Å². The van der Waals surface area contributed by atoms with E-state index in [0.29, 0.717) is 5.56 Å². The number of carbonyl (C=O) groups is 1. The van der Waals surface area contributed by atoms with Crippen molar-refractivity contribution in [1.29, 1.82) is 0 Å². The lowest BCUT2D eigenvalue weighted by molar-refractivity contribution is 0.0378. The summed E-state index contributed by atoms with van der Waals surface area (Å²) < 4.78 is 7.21. The highest BCUT2D eigenvalue weighted by atomic mass is 16.5. The van der Waals surface area contributed by atoms with Crippen LogP contribution in [0.2, 0.25) is 0 Å². The first kappa shape index (κ1) is 11.7. The van der Waals surface area contributed by atoms with Crippen molar-refractivity contribution in [1.82, 2.24) is 4.40 Å². The molecule has 90 valence electrons. The molecule has 0 unspecified atom stereocenters. The minimum atomic E-state index is -0.259. The number of carbonyl (C=O) groups excluding carboxylic acids is 1. The van der Waals surface area contributed by atoms with Gasteiger partial charge < -0.3 is 9.14 Å². The highest BCUT2D eigenvalue weighted by Gasteiger charge is 2.10. The Morgan fingerprint density at radius 1 is 1.35 bits per heavy atom. The second-order valence-electron chi connectivity index (χ2n) is 4.36. The van der Waals surface area contributed by atoms with Gasteiger partial charge in [0.05, 0.1) is 11.7 Å². The Kier molecular flexibility index (Phi) is 3.18. The minimum Gasteiger partial charge on any atom is -0.459 e. The van der Waals surface area contributed by atoms with Gasteiger partial charge in [0.15, 0.2) is 0 Å². The summed E-state index contributed by atoms with van der Waals surface area (Å²) in [5.74, 6) is -0.259. The average Bonchev–Trinajstić information content (AvgIpc) is 2.69. The van der Waals surface area contributed by atoms with Gasteiger partial charge in [0.1, 0.15) is 0 Å². The Labute approximate surface area is 101 Å². The van der Waals surface area contributed by atoms with Gasteiger partial charge >= 0.3 is 5.97 Å². The van der Waals surface area contributed by atoms with Crippen molar-refractivity contribution in [2.24, 2.45) is 0 Å². The number of ether oxygens (including phenoxy) is 1. The molecule has 0 radical (unpaired) electrons. The maximum Gasteiger partial charge on any atom is 0.338 e. The van der Waals surface area contributed by atoms with Crippen LogP contribution in [0.15, 0.2) is 30.6 Å². The zero-order valence-electron chi connectivity index (χ0n) is 10.4. The third kappa shape index (κ3) is 2.33. The van der Waals surface area contributed by atoms with Crippen molar-refractivity contribution in [2.75, 3.05) is 0 Å². The SMILES string of the molecule is CCc1ccn2ccc(C(=O)OC(C)C)cc12. The van der Waals surface area contributed by atoms with Gasteiger partial charge in [0, 0.05) is 17.9 Å². The number of pyridine rings is 1. The van der Waals surface area contributed by atoms with Crippen molar-refractivity contribution in [3.63, 3.8) is 0 Å². The molecule has 2 aromatic heterocycles. The summed E-state index contributed by atoms with van der Waals surface area (Å²) in [5.41, 5.74) is 2.93. The van der Waals surface area contributed by atoms with Crippen molar-refractivity contribution in [2.45, 2.75) is 33.3 Å². The van der Waals surface area contributed by atoms with E-state index < -0.39 is 0 Å². The predicted molar refractivity (Wildman–Crippen MR) is 67.3 cm³/mol. The highest BCUT2D eigenvalue weighted by molar-refractivity contribution is 5.91. The van der Waals surface area contributed by atoms with Crippen LogP contribution in [0.1, 0.15) is 36.7 Å². The molecule has 0 spiro atoms. The second kappa shape index (κ2) is 4.62. The molecule has 0 N–H and O–H groups in total. The van der Waals surface area contributed by atoms with Gasteiger partial charge in [-0.15, -0.1) is 0 Å². The third-order valence-electron chi connectivity index (χ3n) is 2.71. The topological polar surface area (TPSA) is 30.7 Å². The molecule has 17 heavy (non-hydrogen) atoms. The highest BCUT2D eigenvalue weighted by Crippen LogP contribution is 2.16. The summed E-state index contributed by atoms with van der Waals surface area (Å²) in [6.07, 6.45) is 4.77. The predicted octanol–water partition coefficient (Wildman–Crippen LogP) is 3.07. The molecule has 0 aliphatic carbocycles. The molecule has 2 rings (SSSR count). The second-order valence-corrected chi connectivity index (χ2v) is 4.36. The van der Waals surface area contributed by atoms with Crippen molar-refractivity contribution in [3.05, 3.63) is 41.7 Å². The maximum atomic E-state index is 11.8. The zero-order valence-corrected chi connectivity index (χ0v) is 10.4. The molecule has 0 atom stereocenters.